The van der Waals surface area contributed by atoms with Gasteiger partial charge in [-0.1, -0.05) is 178 Å². The standard InChI is InChI=1S/C46H62N2O2/c1-3-5-7-9-11-13-15-17-19-21-33-47-45(49)41-31-29-39-36-26-24-28-38-42(32-30-40(44(36)38)35-25-23-27-37(41)43(35)39)46(50)48-34-22-20-18-16-14-12-10-8-6-4-2/h23-32H,3-22,33-34H2,1-2H3,(H,47,49)(H,48,50). The van der Waals surface area contributed by atoms with E-state index in [1.165, 1.54) is 116 Å². The molecule has 4 nitrogen and oxygen atoms in total. The van der Waals surface area contributed by atoms with Crippen LogP contribution in [0.4, 0.5) is 0 Å². The summed E-state index contributed by atoms with van der Waals surface area (Å²) in [6.45, 7) is 5.96. The zero-order chi connectivity index (χ0) is 35.0. The SMILES string of the molecule is CCCCCCCCCCCCNC(=O)c1ccc2c3cccc4c(C(=O)NCCCCCCCCCCCC)ccc(c5cccc1c52)c43. The maximum atomic E-state index is 13.5. The van der Waals surface area contributed by atoms with E-state index < -0.39 is 0 Å². The molecule has 5 aromatic rings. The topological polar surface area (TPSA) is 58.2 Å². The molecule has 0 saturated heterocycles. The average molecular weight is 675 g/mol. The van der Waals surface area contributed by atoms with Crippen LogP contribution in [0.25, 0.3) is 43.1 Å². The molecule has 0 unspecified atom stereocenters. The fourth-order valence-electron chi connectivity index (χ4n) is 7.93. The smallest absolute Gasteiger partial charge is 0.251 e. The summed E-state index contributed by atoms with van der Waals surface area (Å²) < 4.78 is 0. The highest BCUT2D eigenvalue weighted by Crippen LogP contribution is 2.41. The van der Waals surface area contributed by atoms with Crippen molar-refractivity contribution >= 4 is 54.9 Å². The maximum absolute atomic E-state index is 13.5. The van der Waals surface area contributed by atoms with Crippen LogP contribution in [0.1, 0.15) is 163 Å². The van der Waals surface area contributed by atoms with E-state index in [-0.39, 0.29) is 11.8 Å². The van der Waals surface area contributed by atoms with Crippen LogP contribution in [0, 0.1) is 0 Å². The second-order valence-corrected chi connectivity index (χ2v) is 14.7. The summed E-state index contributed by atoms with van der Waals surface area (Å²) in [6.07, 6.45) is 25.7. The zero-order valence-electron chi connectivity index (χ0n) is 31.1. The summed E-state index contributed by atoms with van der Waals surface area (Å²) in [4.78, 5) is 26.9. The predicted octanol–water partition coefficient (Wildman–Crippen LogP) is 13.0. The lowest BCUT2D eigenvalue weighted by Crippen LogP contribution is -2.24. The third-order valence-electron chi connectivity index (χ3n) is 10.8. The van der Waals surface area contributed by atoms with Crippen molar-refractivity contribution in [3.8, 4) is 0 Å². The van der Waals surface area contributed by atoms with E-state index in [1.807, 2.05) is 12.1 Å². The molecule has 0 aromatic heterocycles. The number of carbonyl (C=O) groups is 2. The summed E-state index contributed by atoms with van der Waals surface area (Å²) in [5, 5.41) is 15.1. The lowest BCUT2D eigenvalue weighted by atomic mass is 9.87. The van der Waals surface area contributed by atoms with Crippen LogP contribution in [0.5, 0.6) is 0 Å². The molecule has 0 spiro atoms. The Morgan fingerprint density at radius 1 is 0.380 bits per heavy atom. The van der Waals surface area contributed by atoms with E-state index >= 15 is 0 Å². The summed E-state index contributed by atoms with van der Waals surface area (Å²) in [6, 6.07) is 20.8. The minimum Gasteiger partial charge on any atom is -0.352 e. The van der Waals surface area contributed by atoms with Gasteiger partial charge in [0.1, 0.15) is 0 Å². The molecule has 268 valence electrons. The van der Waals surface area contributed by atoms with Gasteiger partial charge in [0.05, 0.1) is 0 Å². The highest BCUT2D eigenvalue weighted by molar-refractivity contribution is 6.35. The van der Waals surface area contributed by atoms with Crippen LogP contribution < -0.4 is 10.6 Å². The van der Waals surface area contributed by atoms with Crippen LogP contribution in [-0.4, -0.2) is 24.9 Å². The van der Waals surface area contributed by atoms with Gasteiger partial charge in [0.15, 0.2) is 0 Å². The van der Waals surface area contributed by atoms with Crippen molar-refractivity contribution < 1.29 is 9.59 Å². The van der Waals surface area contributed by atoms with Gasteiger partial charge < -0.3 is 10.6 Å². The largest absolute Gasteiger partial charge is 0.352 e. The molecule has 0 fully saturated rings. The van der Waals surface area contributed by atoms with Gasteiger partial charge >= 0.3 is 0 Å². The number of carbonyl (C=O) groups excluding carboxylic acids is 2. The first kappa shape index (κ1) is 37.6. The Bertz CT molecular complexity index is 1640. The fourth-order valence-corrected chi connectivity index (χ4v) is 7.93. The van der Waals surface area contributed by atoms with Gasteiger partial charge in [0, 0.05) is 24.2 Å². The lowest BCUT2D eigenvalue weighted by Gasteiger charge is -2.17. The first-order chi connectivity index (χ1) is 24.7. The summed E-state index contributed by atoms with van der Waals surface area (Å²) in [5.74, 6) is 0.00566. The quantitative estimate of drug-likeness (QED) is 0.0389. The highest BCUT2D eigenvalue weighted by atomic mass is 16.2. The molecule has 0 heterocycles. The molecule has 0 aliphatic carbocycles. The molecule has 2 amide bonds. The number of hydrogen-bond acceptors (Lipinski definition) is 2. The number of rotatable bonds is 24. The van der Waals surface area contributed by atoms with Gasteiger partial charge in [0.25, 0.3) is 11.8 Å². The molecule has 5 aromatic carbocycles. The summed E-state index contributed by atoms with van der Waals surface area (Å²) in [7, 11) is 0. The van der Waals surface area contributed by atoms with Gasteiger partial charge in [-0.25, -0.2) is 0 Å². The molecule has 0 radical (unpaired) electrons. The van der Waals surface area contributed by atoms with Gasteiger partial charge in [-0.3, -0.25) is 9.59 Å². The minimum atomic E-state index is 0.00283. The molecule has 2 N–H and O–H groups in total. The van der Waals surface area contributed by atoms with Crippen molar-refractivity contribution in [2.24, 2.45) is 0 Å². The number of benzene rings is 5. The number of hydrogen-bond donors (Lipinski definition) is 2. The van der Waals surface area contributed by atoms with E-state index in [4.69, 9.17) is 0 Å². The van der Waals surface area contributed by atoms with E-state index in [9.17, 15) is 9.59 Å². The van der Waals surface area contributed by atoms with Crippen molar-refractivity contribution in [2.75, 3.05) is 13.1 Å². The van der Waals surface area contributed by atoms with Gasteiger partial charge in [-0.15, -0.1) is 0 Å². The van der Waals surface area contributed by atoms with Crippen molar-refractivity contribution in [1.82, 2.24) is 10.6 Å². The Hall–Kier alpha value is -3.66. The monoisotopic (exact) mass is 674 g/mol. The summed E-state index contributed by atoms with van der Waals surface area (Å²) in [5.41, 5.74) is 1.47. The Morgan fingerprint density at radius 2 is 0.680 bits per heavy atom. The van der Waals surface area contributed by atoms with Crippen LogP contribution in [-0.2, 0) is 0 Å². The second-order valence-electron chi connectivity index (χ2n) is 14.7. The molecular weight excluding hydrogens is 613 g/mol. The average Bonchev–Trinajstić information content (AvgIpc) is 3.14. The van der Waals surface area contributed by atoms with Crippen molar-refractivity contribution in [1.29, 1.82) is 0 Å². The maximum Gasteiger partial charge on any atom is 0.251 e. The number of nitrogens with one attached hydrogen (secondary N) is 2. The summed E-state index contributed by atoms with van der Waals surface area (Å²) >= 11 is 0. The molecule has 50 heavy (non-hydrogen) atoms. The van der Waals surface area contributed by atoms with E-state index in [0.717, 1.165) is 67.1 Å². The highest BCUT2D eigenvalue weighted by Gasteiger charge is 2.19. The second kappa shape index (κ2) is 20.3. The van der Waals surface area contributed by atoms with Crippen LogP contribution in [0.2, 0.25) is 0 Å². The van der Waals surface area contributed by atoms with E-state index in [2.05, 4.69) is 73.0 Å². The number of amides is 2. The third-order valence-corrected chi connectivity index (χ3v) is 10.8. The van der Waals surface area contributed by atoms with Gasteiger partial charge in [0.2, 0.25) is 0 Å². The molecular formula is C46H62N2O2. The first-order valence-electron chi connectivity index (χ1n) is 20.3. The zero-order valence-corrected chi connectivity index (χ0v) is 31.1. The Kier molecular flexibility index (Phi) is 15.2. The third kappa shape index (κ3) is 9.77. The van der Waals surface area contributed by atoms with E-state index in [1.54, 1.807) is 0 Å². The first-order valence-corrected chi connectivity index (χ1v) is 20.3. The van der Waals surface area contributed by atoms with Crippen LogP contribution in [0.3, 0.4) is 0 Å². The van der Waals surface area contributed by atoms with Crippen molar-refractivity contribution in [2.45, 2.75) is 142 Å². The Labute approximate surface area is 301 Å². The molecule has 0 atom stereocenters. The van der Waals surface area contributed by atoms with Crippen LogP contribution in [0.15, 0.2) is 60.7 Å². The fraction of sp³-hybridized carbons (Fsp3) is 0.522. The Balaban J connectivity index is 1.20. The molecule has 0 aliphatic heterocycles. The molecule has 0 bridgehead atoms. The lowest BCUT2D eigenvalue weighted by molar-refractivity contribution is 0.0946. The van der Waals surface area contributed by atoms with Crippen molar-refractivity contribution in [3.63, 3.8) is 0 Å². The molecule has 5 rings (SSSR count). The van der Waals surface area contributed by atoms with Crippen molar-refractivity contribution in [3.05, 3.63) is 71.8 Å². The predicted molar refractivity (Wildman–Crippen MR) is 216 cm³/mol. The normalized spacial score (nSPS) is 11.7. The molecule has 0 aliphatic rings. The van der Waals surface area contributed by atoms with Gasteiger partial charge in [-0.05, 0) is 68.1 Å². The number of fused-ring (bicyclic) bond motifs is 2. The number of unbranched alkanes of at least 4 members (excludes halogenated alkanes) is 18. The van der Waals surface area contributed by atoms with E-state index in [0.29, 0.717) is 13.1 Å². The van der Waals surface area contributed by atoms with Crippen LogP contribution >= 0.6 is 0 Å². The minimum absolute atomic E-state index is 0.00283. The van der Waals surface area contributed by atoms with Gasteiger partial charge in [-0.2, -0.15) is 0 Å². The Morgan fingerprint density at radius 3 is 1.04 bits per heavy atom. The molecule has 4 heteroatoms. The molecule has 0 saturated carbocycles.